The van der Waals surface area contributed by atoms with E-state index in [0.29, 0.717) is 0 Å². The van der Waals surface area contributed by atoms with Crippen LogP contribution in [0.4, 0.5) is 0 Å². The number of carbonyl (C=O) groups excluding carboxylic acids is 1. The number of aromatic nitrogens is 1. The molecule has 3 aliphatic heterocycles. The Kier molecular flexibility index (Phi) is 3.10. The first-order chi connectivity index (χ1) is 13.5. The maximum Gasteiger partial charge on any atom is 0.263 e. The van der Waals surface area contributed by atoms with Crippen molar-refractivity contribution in [2.75, 3.05) is 7.05 Å². The Hall–Kier alpha value is -2.27. The largest absolute Gasteiger partial charge is 0.348 e. The maximum absolute atomic E-state index is 14.0. The highest BCUT2D eigenvalue weighted by Crippen LogP contribution is 2.60. The highest BCUT2D eigenvalue weighted by Gasteiger charge is 2.64. The van der Waals surface area contributed by atoms with Crippen molar-refractivity contribution in [3.63, 3.8) is 0 Å². The van der Waals surface area contributed by atoms with Crippen molar-refractivity contribution in [3.05, 3.63) is 69.1 Å². The number of amides is 1. The third-order valence-electron chi connectivity index (χ3n) is 7.19. The lowest BCUT2D eigenvalue weighted by Gasteiger charge is -2.41. The summed E-state index contributed by atoms with van der Waals surface area (Å²) in [6.45, 7) is 2.27. The Bertz CT molecular complexity index is 1180. The minimum Gasteiger partial charge on any atom is -0.348 e. The van der Waals surface area contributed by atoms with Crippen LogP contribution < -0.4 is 0 Å². The first-order valence-corrected chi connectivity index (χ1v) is 10.7. The summed E-state index contributed by atoms with van der Waals surface area (Å²) in [5, 5.41) is 1.29. The lowest BCUT2D eigenvalue weighted by atomic mass is 9.85. The molecule has 5 heteroatoms. The average molecular weight is 436 g/mol. The molecular weight excluding hydrogens is 414 g/mol. The summed E-state index contributed by atoms with van der Waals surface area (Å²) in [5.74, 6) is 0.181. The molecule has 1 amide bonds. The topological polar surface area (TPSA) is 28.5 Å². The van der Waals surface area contributed by atoms with Crippen molar-refractivity contribution < 1.29 is 4.79 Å². The quantitative estimate of drug-likeness (QED) is 0.616. The summed E-state index contributed by atoms with van der Waals surface area (Å²) in [5.41, 5.74) is 6.55. The molecule has 2 aromatic rings. The van der Waals surface area contributed by atoms with E-state index in [1.165, 1.54) is 33.4 Å². The van der Waals surface area contributed by atoms with Crippen molar-refractivity contribution in [1.82, 2.24) is 14.4 Å². The number of fused-ring (bicyclic) bond motifs is 5. The fraction of sp³-hybridized carbons (Fsp3) is 0.348. The fourth-order valence-electron chi connectivity index (χ4n) is 6.07. The average Bonchev–Trinajstić information content (AvgIpc) is 3.15. The van der Waals surface area contributed by atoms with Gasteiger partial charge >= 0.3 is 0 Å². The van der Waals surface area contributed by atoms with Crippen molar-refractivity contribution in [2.45, 2.75) is 37.8 Å². The Morgan fingerprint density at radius 1 is 1.18 bits per heavy atom. The smallest absolute Gasteiger partial charge is 0.263 e. The number of benzene rings is 1. The van der Waals surface area contributed by atoms with Crippen LogP contribution >= 0.6 is 15.9 Å². The van der Waals surface area contributed by atoms with Gasteiger partial charge in [0.2, 0.25) is 0 Å². The van der Waals surface area contributed by atoms with Gasteiger partial charge in [-0.3, -0.25) is 4.79 Å². The normalized spacial score (nSPS) is 28.3. The van der Waals surface area contributed by atoms with E-state index >= 15 is 0 Å². The predicted octanol–water partition coefficient (Wildman–Crippen LogP) is 4.32. The Morgan fingerprint density at radius 2 is 1.96 bits per heavy atom. The molecule has 1 saturated heterocycles. The molecule has 142 valence electrons. The van der Waals surface area contributed by atoms with Crippen LogP contribution in [0.25, 0.3) is 10.9 Å². The van der Waals surface area contributed by atoms with Gasteiger partial charge in [-0.05, 0) is 59.5 Å². The van der Waals surface area contributed by atoms with Gasteiger partial charge in [0.15, 0.2) is 5.54 Å². The number of allylic oxidation sites excluding steroid dienone is 4. The van der Waals surface area contributed by atoms with Crippen molar-refractivity contribution in [2.24, 2.45) is 7.05 Å². The van der Waals surface area contributed by atoms with Gasteiger partial charge in [0, 0.05) is 58.9 Å². The fourth-order valence-corrected chi connectivity index (χ4v) is 6.54. The van der Waals surface area contributed by atoms with Crippen molar-refractivity contribution in [3.8, 4) is 0 Å². The minimum absolute atomic E-state index is 0.181. The van der Waals surface area contributed by atoms with Gasteiger partial charge in [0.05, 0.1) is 5.69 Å². The second kappa shape index (κ2) is 5.20. The number of halogens is 1. The molecule has 4 heterocycles. The maximum atomic E-state index is 14.0. The summed E-state index contributed by atoms with van der Waals surface area (Å²) in [4.78, 5) is 18.4. The number of hydrogen-bond acceptors (Lipinski definition) is 2. The second-order valence-electron chi connectivity index (χ2n) is 8.40. The summed E-state index contributed by atoms with van der Waals surface area (Å²) in [6, 6.07) is 8.88. The van der Waals surface area contributed by atoms with E-state index in [-0.39, 0.29) is 11.9 Å². The molecular formula is C23H22BrN3O. The molecule has 1 fully saturated rings. The summed E-state index contributed by atoms with van der Waals surface area (Å²) in [7, 11) is 4.06. The van der Waals surface area contributed by atoms with Crippen molar-refractivity contribution in [1.29, 1.82) is 0 Å². The van der Waals surface area contributed by atoms with Crippen LogP contribution in [0.2, 0.25) is 0 Å². The van der Waals surface area contributed by atoms with Crippen LogP contribution in [0.3, 0.4) is 0 Å². The zero-order chi connectivity index (χ0) is 19.4. The molecule has 6 rings (SSSR count). The first kappa shape index (κ1) is 16.7. The molecule has 4 aliphatic rings. The number of para-hydroxylation sites is 1. The standard InChI is InChI=1S/C23H22BrN3O/c1-13-8-9-15-14-6-4-5-7-18(14)25(2)21(15)23-16-12-20(27(13)23)17(24)10-11-19(16)26(3)22(23)28/h4-7,10-11,13H,8-9,12H2,1-3H3. The number of rotatable bonds is 0. The predicted molar refractivity (Wildman–Crippen MR) is 114 cm³/mol. The second-order valence-corrected chi connectivity index (χ2v) is 9.26. The number of nitrogens with zero attached hydrogens (tertiary/aromatic N) is 3. The molecule has 1 aliphatic carbocycles. The molecule has 4 nitrogen and oxygen atoms in total. The van der Waals surface area contributed by atoms with E-state index < -0.39 is 5.54 Å². The van der Waals surface area contributed by atoms with Gasteiger partial charge in [-0.15, -0.1) is 0 Å². The summed E-state index contributed by atoms with van der Waals surface area (Å²) < 4.78 is 3.38. The minimum atomic E-state index is -0.720. The molecule has 1 aromatic carbocycles. The monoisotopic (exact) mass is 435 g/mol. The zero-order valence-electron chi connectivity index (χ0n) is 16.3. The molecule has 1 spiro atoms. The van der Waals surface area contributed by atoms with Crippen LogP contribution in [-0.2, 0) is 23.8 Å². The lowest BCUT2D eigenvalue weighted by molar-refractivity contribution is -0.136. The van der Waals surface area contributed by atoms with E-state index in [0.717, 1.165) is 29.4 Å². The van der Waals surface area contributed by atoms with Crippen LogP contribution in [0.15, 0.2) is 57.9 Å². The molecule has 1 aromatic heterocycles. The number of carbonyl (C=O) groups is 1. The number of hydrogen-bond donors (Lipinski definition) is 0. The van der Waals surface area contributed by atoms with E-state index in [9.17, 15) is 4.79 Å². The Morgan fingerprint density at radius 3 is 2.79 bits per heavy atom. The number of likely N-dealkylation sites (N-methyl/N-ethyl adjacent to an activating group) is 1. The molecule has 2 atom stereocenters. The third kappa shape index (κ3) is 1.63. The first-order valence-electron chi connectivity index (χ1n) is 9.92. The van der Waals surface area contributed by atoms with Crippen LogP contribution in [0.1, 0.15) is 31.0 Å². The highest BCUT2D eigenvalue weighted by molar-refractivity contribution is 9.11. The lowest BCUT2D eigenvalue weighted by Crippen LogP contribution is -2.53. The van der Waals surface area contributed by atoms with E-state index in [1.807, 2.05) is 11.9 Å². The van der Waals surface area contributed by atoms with Crippen LogP contribution in [-0.4, -0.2) is 33.4 Å². The van der Waals surface area contributed by atoms with Gasteiger partial charge in [-0.1, -0.05) is 18.2 Å². The van der Waals surface area contributed by atoms with E-state index in [4.69, 9.17) is 0 Å². The Balaban J connectivity index is 1.82. The van der Waals surface area contributed by atoms with Crippen LogP contribution in [0.5, 0.6) is 0 Å². The molecule has 0 saturated carbocycles. The van der Waals surface area contributed by atoms with E-state index in [2.05, 4.69) is 75.8 Å². The van der Waals surface area contributed by atoms with Gasteiger partial charge in [-0.2, -0.15) is 0 Å². The van der Waals surface area contributed by atoms with Gasteiger partial charge in [0.25, 0.3) is 5.91 Å². The molecule has 0 N–H and O–H groups in total. The Labute approximate surface area is 172 Å². The van der Waals surface area contributed by atoms with Crippen LogP contribution in [0, 0.1) is 0 Å². The summed E-state index contributed by atoms with van der Waals surface area (Å²) >= 11 is 3.81. The SMILES string of the molecule is CC1CCc2c(n(C)c3ccccc23)C23C(=O)N(C)C4=C2CC(=C(Br)C=C4)N13. The van der Waals surface area contributed by atoms with Gasteiger partial charge in [-0.25, -0.2) is 0 Å². The van der Waals surface area contributed by atoms with Crippen molar-refractivity contribution >= 4 is 32.7 Å². The molecule has 0 radical (unpaired) electrons. The number of aryl methyl sites for hydroxylation is 2. The molecule has 2 bridgehead atoms. The zero-order valence-corrected chi connectivity index (χ0v) is 17.9. The van der Waals surface area contributed by atoms with Gasteiger partial charge in [0.1, 0.15) is 0 Å². The summed E-state index contributed by atoms with van der Waals surface area (Å²) in [6.07, 6.45) is 7.07. The third-order valence-corrected chi connectivity index (χ3v) is 7.91. The molecule has 28 heavy (non-hydrogen) atoms. The highest BCUT2D eigenvalue weighted by atomic mass is 79.9. The van der Waals surface area contributed by atoms with E-state index in [1.54, 1.807) is 0 Å². The van der Waals surface area contributed by atoms with Gasteiger partial charge < -0.3 is 14.4 Å². The molecule has 2 unspecified atom stereocenters.